The maximum absolute atomic E-state index is 5.64. The Kier molecular flexibility index (Phi) is 4.52. The van der Waals surface area contributed by atoms with Crippen LogP contribution in [0.4, 0.5) is 5.82 Å². The minimum Gasteiger partial charge on any atom is -0.384 e. The summed E-state index contributed by atoms with van der Waals surface area (Å²) in [5, 5.41) is 3.30. The Labute approximate surface area is 91.5 Å². The largest absolute Gasteiger partial charge is 0.384 e. The van der Waals surface area contributed by atoms with Gasteiger partial charge in [-0.1, -0.05) is 0 Å². The summed E-state index contributed by atoms with van der Waals surface area (Å²) >= 11 is 0. The second kappa shape index (κ2) is 5.68. The van der Waals surface area contributed by atoms with E-state index in [1.165, 1.54) is 5.56 Å². The Balaban J connectivity index is 2.58. The van der Waals surface area contributed by atoms with Crippen molar-refractivity contribution in [3.63, 3.8) is 0 Å². The molecule has 4 nitrogen and oxygen atoms in total. The molecule has 15 heavy (non-hydrogen) atoms. The normalized spacial score (nSPS) is 13.1. The molecule has 1 heterocycles. The lowest BCUT2D eigenvalue weighted by Crippen LogP contribution is -2.37. The molecule has 0 fully saturated rings. The zero-order valence-corrected chi connectivity index (χ0v) is 9.70. The molecule has 1 aromatic heterocycles. The Morgan fingerprint density at radius 1 is 1.53 bits per heavy atom. The number of hydrogen-bond acceptors (Lipinski definition) is 4. The highest BCUT2D eigenvalue weighted by Gasteiger charge is 2.08. The van der Waals surface area contributed by atoms with Crippen LogP contribution in [0.5, 0.6) is 0 Å². The first-order valence-electron chi connectivity index (χ1n) is 5.14. The summed E-state index contributed by atoms with van der Waals surface area (Å²) in [6.07, 6.45) is 2.73. The van der Waals surface area contributed by atoms with Crippen LogP contribution in [-0.4, -0.2) is 43.6 Å². The number of nitrogens with two attached hydrogens (primary N) is 1. The molecule has 3 N–H and O–H groups in total. The Morgan fingerprint density at radius 2 is 2.27 bits per heavy atom. The van der Waals surface area contributed by atoms with Gasteiger partial charge in [0.2, 0.25) is 0 Å². The van der Waals surface area contributed by atoms with E-state index in [4.69, 9.17) is 5.73 Å². The van der Waals surface area contributed by atoms with Crippen LogP contribution in [0.15, 0.2) is 18.3 Å². The molecule has 1 atom stereocenters. The van der Waals surface area contributed by atoms with Gasteiger partial charge in [-0.25, -0.2) is 4.98 Å². The van der Waals surface area contributed by atoms with Gasteiger partial charge in [-0.2, -0.15) is 0 Å². The first-order chi connectivity index (χ1) is 7.11. The lowest BCUT2D eigenvalue weighted by atomic mass is 10.1. The molecule has 0 amide bonds. The third kappa shape index (κ3) is 4.27. The van der Waals surface area contributed by atoms with E-state index < -0.39 is 0 Å². The van der Waals surface area contributed by atoms with Crippen LogP contribution in [0.1, 0.15) is 5.56 Å². The molecule has 0 aliphatic heterocycles. The maximum Gasteiger partial charge on any atom is 0.123 e. The molecule has 0 saturated heterocycles. The first kappa shape index (κ1) is 11.9. The van der Waals surface area contributed by atoms with E-state index >= 15 is 0 Å². The number of nitrogens with one attached hydrogen (secondary N) is 1. The molecule has 1 rings (SSSR count). The van der Waals surface area contributed by atoms with Gasteiger partial charge in [0, 0.05) is 18.8 Å². The van der Waals surface area contributed by atoms with Gasteiger partial charge < -0.3 is 16.0 Å². The van der Waals surface area contributed by atoms with E-state index in [1.54, 1.807) is 6.20 Å². The lowest BCUT2D eigenvalue weighted by molar-refractivity contribution is 0.346. The van der Waals surface area contributed by atoms with Crippen LogP contribution >= 0.6 is 0 Å². The fourth-order valence-corrected chi connectivity index (χ4v) is 1.60. The number of anilines is 1. The quantitative estimate of drug-likeness (QED) is 0.733. The highest BCUT2D eigenvalue weighted by molar-refractivity contribution is 5.32. The number of nitrogen functional groups attached to an aromatic ring is 1. The SMILES string of the molecule is CNC(Cc1ccnc(N)c1)CN(C)C. The Bertz CT molecular complexity index is 298. The summed E-state index contributed by atoms with van der Waals surface area (Å²) in [5.74, 6) is 0.590. The third-order valence-corrected chi connectivity index (χ3v) is 2.32. The molecule has 0 saturated carbocycles. The second-order valence-electron chi connectivity index (χ2n) is 4.04. The molecule has 0 radical (unpaired) electrons. The summed E-state index contributed by atoms with van der Waals surface area (Å²) in [6, 6.07) is 4.39. The van der Waals surface area contributed by atoms with Crippen molar-refractivity contribution >= 4 is 5.82 Å². The van der Waals surface area contributed by atoms with Crippen molar-refractivity contribution in [3.05, 3.63) is 23.9 Å². The smallest absolute Gasteiger partial charge is 0.123 e. The average molecular weight is 208 g/mol. The van der Waals surface area contributed by atoms with E-state index in [0.717, 1.165) is 13.0 Å². The molecule has 84 valence electrons. The topological polar surface area (TPSA) is 54.2 Å². The van der Waals surface area contributed by atoms with Gasteiger partial charge in [0.15, 0.2) is 0 Å². The van der Waals surface area contributed by atoms with E-state index in [9.17, 15) is 0 Å². The van der Waals surface area contributed by atoms with Gasteiger partial charge in [-0.05, 0) is 45.3 Å². The van der Waals surface area contributed by atoms with Crippen LogP contribution in [0.2, 0.25) is 0 Å². The number of hydrogen-bond donors (Lipinski definition) is 2. The van der Waals surface area contributed by atoms with Crippen molar-refractivity contribution in [1.82, 2.24) is 15.2 Å². The van der Waals surface area contributed by atoms with Crippen LogP contribution in [0.25, 0.3) is 0 Å². The first-order valence-corrected chi connectivity index (χ1v) is 5.14. The summed E-state index contributed by atoms with van der Waals surface area (Å²) in [6.45, 7) is 1.01. The zero-order chi connectivity index (χ0) is 11.3. The minimum absolute atomic E-state index is 0.446. The minimum atomic E-state index is 0.446. The molecular formula is C11H20N4. The van der Waals surface area contributed by atoms with Crippen molar-refractivity contribution in [3.8, 4) is 0 Å². The molecule has 1 aromatic rings. The Hall–Kier alpha value is -1.13. The van der Waals surface area contributed by atoms with Crippen molar-refractivity contribution in [2.45, 2.75) is 12.5 Å². The van der Waals surface area contributed by atoms with E-state index in [1.807, 2.05) is 19.2 Å². The van der Waals surface area contributed by atoms with Crippen LogP contribution in [0.3, 0.4) is 0 Å². The van der Waals surface area contributed by atoms with Crippen LogP contribution < -0.4 is 11.1 Å². The number of nitrogens with zero attached hydrogens (tertiary/aromatic N) is 2. The van der Waals surface area contributed by atoms with Crippen LogP contribution in [0, 0.1) is 0 Å². The van der Waals surface area contributed by atoms with Crippen molar-refractivity contribution in [2.75, 3.05) is 33.4 Å². The summed E-state index contributed by atoms with van der Waals surface area (Å²) in [5.41, 5.74) is 6.86. The second-order valence-corrected chi connectivity index (χ2v) is 4.04. The number of pyridine rings is 1. The Morgan fingerprint density at radius 3 is 2.80 bits per heavy atom. The standard InChI is InChI=1S/C11H20N4/c1-13-10(8-15(2)3)6-9-4-5-14-11(12)7-9/h4-5,7,10,13H,6,8H2,1-3H3,(H2,12,14). The maximum atomic E-state index is 5.64. The third-order valence-electron chi connectivity index (χ3n) is 2.32. The summed E-state index contributed by atoms with van der Waals surface area (Å²) < 4.78 is 0. The number of likely N-dealkylation sites (N-methyl/N-ethyl adjacent to an activating group) is 2. The van der Waals surface area contributed by atoms with E-state index in [2.05, 4.69) is 29.3 Å². The van der Waals surface area contributed by atoms with Crippen molar-refractivity contribution in [2.24, 2.45) is 0 Å². The van der Waals surface area contributed by atoms with Gasteiger partial charge in [0.05, 0.1) is 0 Å². The van der Waals surface area contributed by atoms with Gasteiger partial charge in [-0.15, -0.1) is 0 Å². The summed E-state index contributed by atoms with van der Waals surface area (Å²) in [4.78, 5) is 6.15. The van der Waals surface area contributed by atoms with E-state index in [0.29, 0.717) is 11.9 Å². The molecule has 1 unspecified atom stereocenters. The molecule has 0 aliphatic carbocycles. The predicted molar refractivity (Wildman–Crippen MR) is 63.8 cm³/mol. The highest BCUT2D eigenvalue weighted by Crippen LogP contribution is 2.06. The molecule has 0 aromatic carbocycles. The monoisotopic (exact) mass is 208 g/mol. The van der Waals surface area contributed by atoms with Gasteiger partial charge in [0.25, 0.3) is 0 Å². The lowest BCUT2D eigenvalue weighted by Gasteiger charge is -2.20. The molecule has 0 spiro atoms. The molecular weight excluding hydrogens is 188 g/mol. The fourth-order valence-electron chi connectivity index (χ4n) is 1.60. The number of rotatable bonds is 5. The average Bonchev–Trinajstić information content (AvgIpc) is 2.16. The highest BCUT2D eigenvalue weighted by atomic mass is 15.1. The van der Waals surface area contributed by atoms with Crippen molar-refractivity contribution < 1.29 is 0 Å². The fraction of sp³-hybridized carbons (Fsp3) is 0.545. The van der Waals surface area contributed by atoms with Crippen molar-refractivity contribution in [1.29, 1.82) is 0 Å². The van der Waals surface area contributed by atoms with Crippen LogP contribution in [-0.2, 0) is 6.42 Å². The van der Waals surface area contributed by atoms with E-state index in [-0.39, 0.29) is 0 Å². The van der Waals surface area contributed by atoms with Gasteiger partial charge in [-0.3, -0.25) is 0 Å². The zero-order valence-electron chi connectivity index (χ0n) is 9.70. The predicted octanol–water partition coefficient (Wildman–Crippen LogP) is 0.356. The molecule has 0 aliphatic rings. The summed E-state index contributed by atoms with van der Waals surface area (Å²) in [7, 11) is 6.13. The van der Waals surface area contributed by atoms with Gasteiger partial charge >= 0.3 is 0 Å². The number of aromatic nitrogens is 1. The molecule has 0 bridgehead atoms. The van der Waals surface area contributed by atoms with Gasteiger partial charge in [0.1, 0.15) is 5.82 Å². The molecule has 4 heteroatoms.